The monoisotopic (exact) mass is 460 g/mol. The largest absolute Gasteiger partial charge is 0.478 e. The second kappa shape index (κ2) is 13.7. The topological polar surface area (TPSA) is 172 Å². The summed E-state index contributed by atoms with van der Waals surface area (Å²) in [6.45, 7) is 2.12. The van der Waals surface area contributed by atoms with Gasteiger partial charge in [0.1, 0.15) is 6.04 Å². The summed E-state index contributed by atoms with van der Waals surface area (Å²) in [5, 5.41) is 14.6. The molecule has 2 atom stereocenters. The van der Waals surface area contributed by atoms with Crippen LogP contribution in [0, 0.1) is 0 Å². The Bertz CT molecular complexity index is 835. The predicted molar refractivity (Wildman–Crippen MR) is 123 cm³/mol. The van der Waals surface area contributed by atoms with Gasteiger partial charge in [0.05, 0.1) is 13.2 Å². The molecule has 33 heavy (non-hydrogen) atoms. The van der Waals surface area contributed by atoms with Gasteiger partial charge in [0.25, 0.3) is 0 Å². The lowest BCUT2D eigenvalue weighted by Gasteiger charge is -2.29. The average molecular weight is 461 g/mol. The first-order valence-electron chi connectivity index (χ1n) is 10.8. The zero-order valence-corrected chi connectivity index (χ0v) is 18.5. The van der Waals surface area contributed by atoms with E-state index in [1.54, 1.807) is 4.90 Å². The lowest BCUT2D eigenvalue weighted by atomic mass is 10.0. The van der Waals surface area contributed by atoms with E-state index >= 15 is 0 Å². The lowest BCUT2D eigenvalue weighted by Crippen LogP contribution is -2.55. The number of nitrogens with two attached hydrogens (primary N) is 2. The van der Waals surface area contributed by atoms with Crippen molar-refractivity contribution in [3.05, 3.63) is 48.0 Å². The van der Waals surface area contributed by atoms with Crippen LogP contribution in [0.25, 0.3) is 0 Å². The van der Waals surface area contributed by atoms with Crippen LogP contribution in [-0.4, -0.2) is 78.8 Å². The van der Waals surface area contributed by atoms with E-state index in [1.165, 1.54) is 6.08 Å². The molecule has 0 saturated carbocycles. The number of morpholine rings is 1. The molecule has 1 aliphatic rings. The summed E-state index contributed by atoms with van der Waals surface area (Å²) in [6.07, 6.45) is 3.60. The number of carboxylic acids is 1. The Hall–Kier alpha value is -3.60. The molecule has 1 saturated heterocycles. The summed E-state index contributed by atoms with van der Waals surface area (Å²) in [4.78, 5) is 42.4. The van der Waals surface area contributed by atoms with E-state index < -0.39 is 24.0 Å². The molecule has 0 aliphatic carbocycles. The van der Waals surface area contributed by atoms with Crippen LogP contribution < -0.4 is 22.1 Å². The minimum Gasteiger partial charge on any atom is -0.478 e. The molecule has 11 heteroatoms. The van der Waals surface area contributed by atoms with Crippen LogP contribution >= 0.6 is 0 Å². The van der Waals surface area contributed by atoms with Gasteiger partial charge in [-0.3, -0.25) is 9.79 Å². The molecule has 3 amide bonds. The summed E-state index contributed by atoms with van der Waals surface area (Å²) in [7, 11) is 0. The molecule has 0 bridgehead atoms. The number of ether oxygens (including phenoxy) is 1. The molecule has 2 rings (SSSR count). The number of rotatable bonds is 11. The van der Waals surface area contributed by atoms with Crippen molar-refractivity contribution < 1.29 is 24.2 Å². The Balaban J connectivity index is 2.10. The van der Waals surface area contributed by atoms with Crippen LogP contribution in [0.5, 0.6) is 0 Å². The number of hydrogen-bond donors (Lipinski definition) is 5. The summed E-state index contributed by atoms with van der Waals surface area (Å²) < 4.78 is 5.28. The summed E-state index contributed by atoms with van der Waals surface area (Å²) in [5.74, 6) is -1.58. The van der Waals surface area contributed by atoms with Crippen LogP contribution in [0.4, 0.5) is 4.79 Å². The Morgan fingerprint density at radius 1 is 1.15 bits per heavy atom. The first kappa shape index (κ1) is 25.7. The summed E-state index contributed by atoms with van der Waals surface area (Å²) in [5.41, 5.74) is 11.5. The highest BCUT2D eigenvalue weighted by Gasteiger charge is 2.26. The van der Waals surface area contributed by atoms with Crippen LogP contribution in [0.1, 0.15) is 18.4 Å². The Labute approximate surface area is 192 Å². The minimum absolute atomic E-state index is 0.0367. The van der Waals surface area contributed by atoms with Crippen molar-refractivity contribution in [1.29, 1.82) is 0 Å². The number of nitrogens with one attached hydrogen (secondary N) is 2. The van der Waals surface area contributed by atoms with E-state index in [0.717, 1.165) is 11.6 Å². The minimum atomic E-state index is -1.13. The maximum Gasteiger partial charge on any atom is 0.328 e. The smallest absolute Gasteiger partial charge is 0.328 e. The van der Waals surface area contributed by atoms with Crippen LogP contribution in [-0.2, 0) is 20.7 Å². The van der Waals surface area contributed by atoms with E-state index in [4.69, 9.17) is 21.3 Å². The van der Waals surface area contributed by atoms with Gasteiger partial charge < -0.3 is 36.8 Å². The van der Waals surface area contributed by atoms with Crippen molar-refractivity contribution in [3.63, 3.8) is 0 Å². The fraction of sp³-hybridized carbons (Fsp3) is 0.455. The molecule has 0 aromatic heterocycles. The molecule has 1 unspecified atom stereocenters. The van der Waals surface area contributed by atoms with Crippen LogP contribution in [0.15, 0.2) is 47.5 Å². The molecular weight excluding hydrogens is 428 g/mol. The van der Waals surface area contributed by atoms with Crippen molar-refractivity contribution >= 4 is 23.9 Å². The highest BCUT2D eigenvalue weighted by molar-refractivity contribution is 5.88. The summed E-state index contributed by atoms with van der Waals surface area (Å²) >= 11 is 0. The van der Waals surface area contributed by atoms with E-state index in [1.807, 2.05) is 30.3 Å². The van der Waals surface area contributed by atoms with Gasteiger partial charge in [-0.25, -0.2) is 9.59 Å². The van der Waals surface area contributed by atoms with Crippen molar-refractivity contribution in [2.45, 2.75) is 31.3 Å². The molecule has 1 aromatic rings. The van der Waals surface area contributed by atoms with E-state index in [0.29, 0.717) is 45.7 Å². The Morgan fingerprint density at radius 2 is 1.85 bits per heavy atom. The highest BCUT2D eigenvalue weighted by atomic mass is 16.5. The number of hydrogen-bond acceptors (Lipinski definition) is 5. The fourth-order valence-corrected chi connectivity index (χ4v) is 3.28. The molecular formula is C22H32N6O5. The molecule has 0 spiro atoms. The summed E-state index contributed by atoms with van der Waals surface area (Å²) in [6, 6.07) is 7.57. The SMILES string of the molecule is NC(N)=NCCC[C@@H](/C=C/C(=O)O)NC(=O)C(Cc1ccccc1)NC(=O)N1CCOCC1. The van der Waals surface area contributed by atoms with E-state index in [-0.39, 0.29) is 18.4 Å². The Kier molecular flexibility index (Phi) is 10.7. The number of nitrogens with zero attached hydrogens (tertiary/aromatic N) is 2. The zero-order chi connectivity index (χ0) is 24.1. The number of benzene rings is 1. The maximum atomic E-state index is 13.1. The van der Waals surface area contributed by atoms with Crippen LogP contribution in [0.2, 0.25) is 0 Å². The molecule has 0 radical (unpaired) electrons. The second-order valence-corrected chi connectivity index (χ2v) is 7.55. The average Bonchev–Trinajstić information content (AvgIpc) is 2.80. The normalized spacial score (nSPS) is 15.5. The number of amides is 3. The number of carboxylic acid groups (broad SMARTS) is 1. The van der Waals surface area contributed by atoms with Gasteiger partial charge in [0, 0.05) is 38.2 Å². The molecule has 1 fully saturated rings. The van der Waals surface area contributed by atoms with Gasteiger partial charge in [-0.05, 0) is 18.4 Å². The number of guanidine groups is 1. The maximum absolute atomic E-state index is 13.1. The lowest BCUT2D eigenvalue weighted by molar-refractivity contribution is -0.131. The van der Waals surface area contributed by atoms with Gasteiger partial charge in [-0.1, -0.05) is 36.4 Å². The number of aliphatic carboxylic acids is 1. The fourth-order valence-electron chi connectivity index (χ4n) is 3.28. The third-order valence-electron chi connectivity index (χ3n) is 4.96. The molecule has 7 N–H and O–H groups in total. The van der Waals surface area contributed by atoms with Crippen LogP contribution in [0.3, 0.4) is 0 Å². The Morgan fingerprint density at radius 3 is 2.48 bits per heavy atom. The van der Waals surface area contributed by atoms with Crippen molar-refractivity contribution in [2.24, 2.45) is 16.5 Å². The van der Waals surface area contributed by atoms with Crippen molar-refractivity contribution in [3.8, 4) is 0 Å². The first-order valence-corrected chi connectivity index (χ1v) is 10.8. The predicted octanol–water partition coefficient (Wildman–Crippen LogP) is -0.181. The molecule has 180 valence electrons. The van der Waals surface area contributed by atoms with Crippen molar-refractivity contribution in [2.75, 3.05) is 32.8 Å². The number of carbonyl (C=O) groups excluding carboxylic acids is 2. The van der Waals surface area contributed by atoms with Gasteiger partial charge in [-0.15, -0.1) is 0 Å². The van der Waals surface area contributed by atoms with Gasteiger partial charge >= 0.3 is 12.0 Å². The van der Waals surface area contributed by atoms with Gasteiger partial charge in [-0.2, -0.15) is 0 Å². The third kappa shape index (κ3) is 10.0. The molecule has 1 aromatic carbocycles. The third-order valence-corrected chi connectivity index (χ3v) is 4.96. The number of aliphatic imine (C=N–C) groups is 1. The molecule has 1 aliphatic heterocycles. The first-order chi connectivity index (χ1) is 15.8. The zero-order valence-electron chi connectivity index (χ0n) is 18.5. The van der Waals surface area contributed by atoms with Gasteiger partial charge in [0.15, 0.2) is 5.96 Å². The van der Waals surface area contributed by atoms with E-state index in [2.05, 4.69) is 15.6 Å². The van der Waals surface area contributed by atoms with Crippen molar-refractivity contribution in [1.82, 2.24) is 15.5 Å². The molecule has 1 heterocycles. The number of urea groups is 1. The van der Waals surface area contributed by atoms with Gasteiger partial charge in [0.2, 0.25) is 5.91 Å². The highest BCUT2D eigenvalue weighted by Crippen LogP contribution is 2.07. The quantitative estimate of drug-likeness (QED) is 0.132. The standard InChI is InChI=1S/C22H32N6O5/c23-21(24)25-10-4-7-17(8-9-19(29)30)26-20(31)18(15-16-5-2-1-3-6-16)27-22(32)28-11-13-33-14-12-28/h1-3,5-6,8-9,17-18H,4,7,10-15H2,(H,26,31)(H,27,32)(H,29,30)(H4,23,24,25)/b9-8+/t17-,18?/m0/s1. The van der Waals surface area contributed by atoms with E-state index in [9.17, 15) is 14.4 Å². The molecule has 11 nitrogen and oxygen atoms in total. The number of carbonyl (C=O) groups is 3. The second-order valence-electron chi connectivity index (χ2n) is 7.55.